The lowest BCUT2D eigenvalue weighted by Crippen LogP contribution is -2.47. The highest BCUT2D eigenvalue weighted by molar-refractivity contribution is 5.98. The molecule has 0 radical (unpaired) electrons. The van der Waals surface area contributed by atoms with Gasteiger partial charge in [0.1, 0.15) is 0 Å². The largest absolute Gasteiger partial charge is 0.361 e. The topological polar surface area (TPSA) is 48.1 Å². The van der Waals surface area contributed by atoms with E-state index in [1.165, 1.54) is 19.4 Å². The molecule has 0 saturated carbocycles. The second-order valence-corrected chi connectivity index (χ2v) is 6.31. The fraction of sp³-hybridized carbons (Fsp3) is 0.471. The molecule has 4 nitrogen and oxygen atoms in total. The van der Waals surface area contributed by atoms with Crippen LogP contribution in [0.4, 0.5) is 0 Å². The third-order valence-electron chi connectivity index (χ3n) is 4.97. The fourth-order valence-corrected chi connectivity index (χ4v) is 3.82. The summed E-state index contributed by atoms with van der Waals surface area (Å²) in [6.45, 7) is 2.38. The first kappa shape index (κ1) is 12.9. The molecule has 2 aliphatic rings. The smallest absolute Gasteiger partial charge is 0.251 e. The number of aromatic amines is 1. The SMILES string of the molecule is O=C(NC1CCN2CCCC2C1)c1ccc2[nH]ccc2c1. The van der Waals surface area contributed by atoms with Crippen molar-refractivity contribution in [1.29, 1.82) is 0 Å². The summed E-state index contributed by atoms with van der Waals surface area (Å²) in [5, 5.41) is 4.32. The van der Waals surface area contributed by atoms with E-state index in [1.54, 1.807) is 0 Å². The van der Waals surface area contributed by atoms with E-state index in [4.69, 9.17) is 0 Å². The van der Waals surface area contributed by atoms with Crippen molar-refractivity contribution >= 4 is 16.8 Å². The molecule has 21 heavy (non-hydrogen) atoms. The van der Waals surface area contributed by atoms with Crippen molar-refractivity contribution < 1.29 is 4.79 Å². The maximum absolute atomic E-state index is 12.4. The van der Waals surface area contributed by atoms with E-state index in [2.05, 4.69) is 15.2 Å². The zero-order valence-electron chi connectivity index (χ0n) is 12.1. The summed E-state index contributed by atoms with van der Waals surface area (Å²) in [4.78, 5) is 18.2. The van der Waals surface area contributed by atoms with Gasteiger partial charge in [-0.1, -0.05) is 0 Å². The minimum Gasteiger partial charge on any atom is -0.361 e. The number of H-pyrrole nitrogens is 1. The molecule has 1 aromatic carbocycles. The number of rotatable bonds is 2. The molecular formula is C17H21N3O. The quantitative estimate of drug-likeness (QED) is 0.889. The highest BCUT2D eigenvalue weighted by Gasteiger charge is 2.32. The number of carbonyl (C=O) groups is 1. The van der Waals surface area contributed by atoms with Gasteiger partial charge in [-0.3, -0.25) is 4.79 Å². The van der Waals surface area contributed by atoms with Gasteiger partial charge in [-0.15, -0.1) is 0 Å². The molecule has 4 rings (SSSR count). The maximum Gasteiger partial charge on any atom is 0.251 e. The Labute approximate surface area is 124 Å². The predicted molar refractivity (Wildman–Crippen MR) is 83.4 cm³/mol. The fourth-order valence-electron chi connectivity index (χ4n) is 3.82. The number of hydrogen-bond acceptors (Lipinski definition) is 2. The molecule has 1 amide bonds. The highest BCUT2D eigenvalue weighted by atomic mass is 16.1. The third kappa shape index (κ3) is 2.44. The molecule has 2 N–H and O–H groups in total. The van der Waals surface area contributed by atoms with Crippen LogP contribution in [0.5, 0.6) is 0 Å². The molecule has 2 unspecified atom stereocenters. The maximum atomic E-state index is 12.4. The van der Waals surface area contributed by atoms with Crippen LogP contribution in [0.2, 0.25) is 0 Å². The van der Waals surface area contributed by atoms with E-state index in [-0.39, 0.29) is 5.91 Å². The lowest BCUT2D eigenvalue weighted by atomic mass is 9.97. The minimum absolute atomic E-state index is 0.0644. The summed E-state index contributed by atoms with van der Waals surface area (Å²) in [6.07, 6.45) is 6.70. The van der Waals surface area contributed by atoms with Gasteiger partial charge >= 0.3 is 0 Å². The Bertz CT molecular complexity index is 663. The van der Waals surface area contributed by atoms with Gasteiger partial charge in [-0.2, -0.15) is 0 Å². The van der Waals surface area contributed by atoms with Gasteiger partial charge in [0, 0.05) is 41.3 Å². The van der Waals surface area contributed by atoms with Crippen molar-refractivity contribution in [3.05, 3.63) is 36.0 Å². The first-order valence-electron chi connectivity index (χ1n) is 7.92. The number of piperidine rings is 1. The van der Waals surface area contributed by atoms with Gasteiger partial charge in [0.25, 0.3) is 5.91 Å². The molecule has 3 heterocycles. The molecule has 2 saturated heterocycles. The third-order valence-corrected chi connectivity index (χ3v) is 4.97. The second-order valence-electron chi connectivity index (χ2n) is 6.31. The summed E-state index contributed by atoms with van der Waals surface area (Å²) >= 11 is 0. The van der Waals surface area contributed by atoms with E-state index in [9.17, 15) is 4.79 Å². The van der Waals surface area contributed by atoms with E-state index in [0.717, 1.165) is 35.9 Å². The predicted octanol–water partition coefficient (Wildman–Crippen LogP) is 2.52. The Balaban J connectivity index is 1.45. The number of nitrogens with zero attached hydrogens (tertiary/aromatic N) is 1. The van der Waals surface area contributed by atoms with Crippen LogP contribution < -0.4 is 5.32 Å². The van der Waals surface area contributed by atoms with Crippen LogP contribution in [-0.2, 0) is 0 Å². The van der Waals surface area contributed by atoms with Crippen molar-refractivity contribution in [2.75, 3.05) is 13.1 Å². The molecule has 2 fully saturated rings. The van der Waals surface area contributed by atoms with Crippen LogP contribution in [0.3, 0.4) is 0 Å². The Morgan fingerprint density at radius 2 is 2.19 bits per heavy atom. The lowest BCUT2D eigenvalue weighted by molar-refractivity contribution is 0.0896. The van der Waals surface area contributed by atoms with Crippen LogP contribution in [0.15, 0.2) is 30.5 Å². The van der Waals surface area contributed by atoms with E-state index < -0.39 is 0 Å². The van der Waals surface area contributed by atoms with Gasteiger partial charge in [0.05, 0.1) is 0 Å². The molecule has 0 spiro atoms. The van der Waals surface area contributed by atoms with Crippen molar-refractivity contribution in [3.8, 4) is 0 Å². The summed E-state index contributed by atoms with van der Waals surface area (Å²) in [5.41, 5.74) is 1.83. The number of fused-ring (bicyclic) bond motifs is 2. The van der Waals surface area contributed by atoms with Crippen LogP contribution in [0, 0.1) is 0 Å². The van der Waals surface area contributed by atoms with Crippen molar-refractivity contribution in [2.45, 2.75) is 37.8 Å². The zero-order valence-corrected chi connectivity index (χ0v) is 12.1. The molecule has 2 aromatic rings. The first-order chi connectivity index (χ1) is 10.3. The minimum atomic E-state index is 0.0644. The number of aromatic nitrogens is 1. The van der Waals surface area contributed by atoms with Gasteiger partial charge in [-0.25, -0.2) is 0 Å². The molecule has 4 heteroatoms. The van der Waals surface area contributed by atoms with E-state index in [0.29, 0.717) is 12.1 Å². The number of nitrogens with one attached hydrogen (secondary N) is 2. The summed E-state index contributed by atoms with van der Waals surface area (Å²) in [6, 6.07) is 8.87. The Hall–Kier alpha value is -1.81. The zero-order chi connectivity index (χ0) is 14.2. The second kappa shape index (κ2) is 5.19. The monoisotopic (exact) mass is 283 g/mol. The summed E-state index contributed by atoms with van der Waals surface area (Å²) in [7, 11) is 0. The average molecular weight is 283 g/mol. The summed E-state index contributed by atoms with van der Waals surface area (Å²) in [5.74, 6) is 0.0644. The average Bonchev–Trinajstić information content (AvgIpc) is 3.14. The molecular weight excluding hydrogens is 262 g/mol. The van der Waals surface area contributed by atoms with Crippen LogP contribution >= 0.6 is 0 Å². The summed E-state index contributed by atoms with van der Waals surface area (Å²) < 4.78 is 0. The molecule has 2 aliphatic heterocycles. The highest BCUT2D eigenvalue weighted by Crippen LogP contribution is 2.27. The molecule has 0 aliphatic carbocycles. The Morgan fingerprint density at radius 3 is 3.14 bits per heavy atom. The van der Waals surface area contributed by atoms with Crippen molar-refractivity contribution in [1.82, 2.24) is 15.2 Å². The molecule has 0 bridgehead atoms. The first-order valence-corrected chi connectivity index (χ1v) is 7.92. The van der Waals surface area contributed by atoms with Crippen molar-refractivity contribution in [3.63, 3.8) is 0 Å². The Morgan fingerprint density at radius 1 is 1.24 bits per heavy atom. The number of carbonyl (C=O) groups excluding carboxylic acids is 1. The molecule has 2 atom stereocenters. The van der Waals surface area contributed by atoms with Gasteiger partial charge in [0.2, 0.25) is 0 Å². The van der Waals surface area contributed by atoms with Crippen LogP contribution in [0.25, 0.3) is 10.9 Å². The van der Waals surface area contributed by atoms with Gasteiger partial charge < -0.3 is 15.2 Å². The van der Waals surface area contributed by atoms with Crippen LogP contribution in [-0.4, -0.2) is 41.0 Å². The molecule has 1 aromatic heterocycles. The van der Waals surface area contributed by atoms with Gasteiger partial charge in [-0.05, 0) is 56.5 Å². The van der Waals surface area contributed by atoms with E-state index in [1.807, 2.05) is 30.5 Å². The van der Waals surface area contributed by atoms with Crippen molar-refractivity contribution in [2.24, 2.45) is 0 Å². The lowest BCUT2D eigenvalue weighted by Gasteiger charge is -2.35. The number of hydrogen-bond donors (Lipinski definition) is 2. The normalized spacial score (nSPS) is 25.9. The number of benzene rings is 1. The molecule has 110 valence electrons. The number of amides is 1. The van der Waals surface area contributed by atoms with E-state index >= 15 is 0 Å². The van der Waals surface area contributed by atoms with Crippen LogP contribution in [0.1, 0.15) is 36.0 Å². The Kier molecular flexibility index (Phi) is 3.19. The van der Waals surface area contributed by atoms with Gasteiger partial charge in [0.15, 0.2) is 0 Å². The standard InChI is InChI=1S/C17H21N3O/c21-17(13-3-4-16-12(10-13)5-7-18-16)19-14-6-9-20-8-1-2-15(20)11-14/h3-5,7,10,14-15,18H,1-2,6,8-9,11H2,(H,19,21).